The van der Waals surface area contributed by atoms with Gasteiger partial charge in [0.05, 0.1) is 6.61 Å². The Bertz CT molecular complexity index is 406. The second kappa shape index (κ2) is 8.18. The van der Waals surface area contributed by atoms with Crippen molar-refractivity contribution in [3.8, 4) is 5.75 Å². The molecule has 19 heavy (non-hydrogen) atoms. The Hall–Kier alpha value is -1.06. The third kappa shape index (κ3) is 5.62. The van der Waals surface area contributed by atoms with Crippen molar-refractivity contribution >= 4 is 16.8 Å². The van der Waals surface area contributed by atoms with Crippen LogP contribution in [-0.2, 0) is 16.1 Å². The number of unbranched alkanes of at least 4 members (excludes halogenated alkanes) is 1. The van der Waals surface area contributed by atoms with Gasteiger partial charge in [0, 0.05) is 6.61 Å². The summed E-state index contributed by atoms with van der Waals surface area (Å²) in [5.74, 6) is 0.728. The number of carbonyl (C=O) groups is 1. The van der Waals surface area contributed by atoms with Crippen molar-refractivity contribution in [2.24, 2.45) is 0 Å². The quantitative estimate of drug-likeness (QED) is 0.538. The second-order valence-electron chi connectivity index (χ2n) is 4.61. The lowest BCUT2D eigenvalue weighted by molar-refractivity contribution is -0.113. The van der Waals surface area contributed by atoms with E-state index in [1.165, 1.54) is 0 Å². The van der Waals surface area contributed by atoms with Crippen molar-refractivity contribution in [3.63, 3.8) is 0 Å². The predicted molar refractivity (Wildman–Crippen MR) is 76.8 cm³/mol. The molecule has 0 atom stereocenters. The minimum absolute atomic E-state index is 0.102. The molecule has 1 rings (SSSR count). The Kier molecular flexibility index (Phi) is 6.89. The van der Waals surface area contributed by atoms with E-state index in [-0.39, 0.29) is 6.61 Å². The summed E-state index contributed by atoms with van der Waals surface area (Å²) in [6, 6.07) is 4.04. The smallest absolute Gasteiger partial charge is 0.259 e. The van der Waals surface area contributed by atoms with E-state index in [2.05, 4.69) is 6.92 Å². The summed E-state index contributed by atoms with van der Waals surface area (Å²) in [5, 5.41) is -0.495. The molecule has 0 aromatic heterocycles. The SMILES string of the molecule is CCCCOCc1cc(C)c(OCC(=O)Cl)c(C)c1. The monoisotopic (exact) mass is 284 g/mol. The maximum atomic E-state index is 10.7. The third-order valence-electron chi connectivity index (χ3n) is 2.76. The van der Waals surface area contributed by atoms with Gasteiger partial charge in [-0.25, -0.2) is 0 Å². The number of ether oxygens (including phenoxy) is 2. The number of rotatable bonds is 8. The van der Waals surface area contributed by atoms with Crippen molar-refractivity contribution < 1.29 is 14.3 Å². The Morgan fingerprint density at radius 2 is 1.89 bits per heavy atom. The number of halogens is 1. The molecule has 1 aromatic rings. The van der Waals surface area contributed by atoms with Crippen molar-refractivity contribution in [2.75, 3.05) is 13.2 Å². The van der Waals surface area contributed by atoms with Gasteiger partial charge in [0.1, 0.15) is 5.75 Å². The molecule has 0 bridgehead atoms. The van der Waals surface area contributed by atoms with Gasteiger partial charge in [0.25, 0.3) is 5.24 Å². The molecule has 0 aliphatic heterocycles. The first-order chi connectivity index (χ1) is 9.04. The van der Waals surface area contributed by atoms with E-state index in [4.69, 9.17) is 21.1 Å². The second-order valence-corrected chi connectivity index (χ2v) is 5.03. The predicted octanol–water partition coefficient (Wildman–Crippen LogP) is 3.76. The molecule has 0 aliphatic rings. The first-order valence-electron chi connectivity index (χ1n) is 6.53. The molecule has 0 fully saturated rings. The topological polar surface area (TPSA) is 35.5 Å². The van der Waals surface area contributed by atoms with Gasteiger partial charge in [-0.2, -0.15) is 0 Å². The van der Waals surface area contributed by atoms with Gasteiger partial charge in [0.15, 0.2) is 6.61 Å². The van der Waals surface area contributed by atoms with Crippen molar-refractivity contribution in [3.05, 3.63) is 28.8 Å². The molecule has 0 saturated heterocycles. The molecule has 0 saturated carbocycles. The molecule has 1 aromatic carbocycles. The summed E-state index contributed by atoms with van der Waals surface area (Å²) >= 11 is 5.28. The zero-order valence-corrected chi connectivity index (χ0v) is 12.5. The van der Waals surface area contributed by atoms with E-state index in [0.717, 1.165) is 41.9 Å². The molecular weight excluding hydrogens is 264 g/mol. The number of hydrogen-bond donors (Lipinski definition) is 0. The summed E-state index contributed by atoms with van der Waals surface area (Å²) in [7, 11) is 0. The van der Waals surface area contributed by atoms with E-state index >= 15 is 0 Å². The summed E-state index contributed by atoms with van der Waals surface area (Å²) in [4.78, 5) is 10.7. The molecule has 0 unspecified atom stereocenters. The van der Waals surface area contributed by atoms with Gasteiger partial charge in [-0.05, 0) is 48.6 Å². The van der Waals surface area contributed by atoms with E-state index < -0.39 is 5.24 Å². The molecule has 106 valence electrons. The fraction of sp³-hybridized carbons (Fsp3) is 0.533. The standard InChI is InChI=1S/C15H21ClO3/c1-4-5-6-18-9-13-7-11(2)15(12(3)8-13)19-10-14(16)17/h7-8H,4-6,9-10H2,1-3H3. The summed E-state index contributed by atoms with van der Waals surface area (Å²) in [5.41, 5.74) is 3.11. The number of hydrogen-bond acceptors (Lipinski definition) is 3. The molecule has 0 N–H and O–H groups in total. The molecule has 3 nitrogen and oxygen atoms in total. The fourth-order valence-corrected chi connectivity index (χ4v) is 1.97. The summed E-state index contributed by atoms with van der Waals surface area (Å²) in [6.45, 7) is 7.34. The van der Waals surface area contributed by atoms with Crippen LogP contribution in [0.25, 0.3) is 0 Å². The maximum absolute atomic E-state index is 10.7. The van der Waals surface area contributed by atoms with Crippen LogP contribution in [0.4, 0.5) is 0 Å². The van der Waals surface area contributed by atoms with Crippen molar-refractivity contribution in [2.45, 2.75) is 40.2 Å². The van der Waals surface area contributed by atoms with Gasteiger partial charge in [-0.15, -0.1) is 0 Å². The summed E-state index contributed by atoms with van der Waals surface area (Å²) in [6.07, 6.45) is 2.22. The van der Waals surface area contributed by atoms with E-state index in [1.54, 1.807) is 0 Å². The number of aryl methyl sites for hydroxylation is 2. The van der Waals surface area contributed by atoms with Gasteiger partial charge >= 0.3 is 0 Å². The highest BCUT2D eigenvalue weighted by Gasteiger charge is 2.08. The molecule has 0 spiro atoms. The minimum Gasteiger partial charge on any atom is -0.484 e. The van der Waals surface area contributed by atoms with Crippen LogP contribution in [0.3, 0.4) is 0 Å². The Balaban J connectivity index is 2.65. The highest BCUT2D eigenvalue weighted by Crippen LogP contribution is 2.25. The molecule has 0 amide bonds. The lowest BCUT2D eigenvalue weighted by atomic mass is 10.1. The largest absolute Gasteiger partial charge is 0.484 e. The van der Waals surface area contributed by atoms with Gasteiger partial charge in [-0.1, -0.05) is 25.5 Å². The first kappa shape index (κ1) is 16.0. The Labute approximate surface area is 119 Å². The maximum Gasteiger partial charge on any atom is 0.259 e. The lowest BCUT2D eigenvalue weighted by Crippen LogP contribution is -2.07. The average Bonchev–Trinajstić information content (AvgIpc) is 2.33. The number of benzene rings is 1. The average molecular weight is 285 g/mol. The van der Waals surface area contributed by atoms with Gasteiger partial charge in [0.2, 0.25) is 0 Å². The Morgan fingerprint density at radius 3 is 2.42 bits per heavy atom. The van der Waals surface area contributed by atoms with Crippen LogP contribution >= 0.6 is 11.6 Å². The van der Waals surface area contributed by atoms with E-state index in [0.29, 0.717) is 6.61 Å². The van der Waals surface area contributed by atoms with Crippen LogP contribution in [-0.4, -0.2) is 18.5 Å². The first-order valence-corrected chi connectivity index (χ1v) is 6.91. The molecular formula is C15H21ClO3. The van der Waals surface area contributed by atoms with Gasteiger partial charge < -0.3 is 9.47 Å². The third-order valence-corrected chi connectivity index (χ3v) is 2.87. The van der Waals surface area contributed by atoms with Gasteiger partial charge in [-0.3, -0.25) is 4.79 Å². The lowest BCUT2D eigenvalue weighted by Gasteiger charge is -2.13. The Morgan fingerprint density at radius 1 is 1.26 bits per heavy atom. The van der Waals surface area contributed by atoms with Crippen LogP contribution < -0.4 is 4.74 Å². The van der Waals surface area contributed by atoms with Crippen LogP contribution in [0, 0.1) is 13.8 Å². The normalized spacial score (nSPS) is 10.5. The highest BCUT2D eigenvalue weighted by atomic mass is 35.5. The van der Waals surface area contributed by atoms with Crippen LogP contribution in [0.5, 0.6) is 5.75 Å². The zero-order valence-electron chi connectivity index (χ0n) is 11.8. The van der Waals surface area contributed by atoms with Crippen molar-refractivity contribution in [1.29, 1.82) is 0 Å². The van der Waals surface area contributed by atoms with Crippen LogP contribution in [0.1, 0.15) is 36.5 Å². The van der Waals surface area contributed by atoms with Crippen LogP contribution in [0.2, 0.25) is 0 Å². The van der Waals surface area contributed by atoms with E-state index in [9.17, 15) is 4.79 Å². The van der Waals surface area contributed by atoms with Crippen LogP contribution in [0.15, 0.2) is 12.1 Å². The fourth-order valence-electron chi connectivity index (χ4n) is 1.92. The highest BCUT2D eigenvalue weighted by molar-refractivity contribution is 6.63. The number of carbonyl (C=O) groups excluding carboxylic acids is 1. The summed E-state index contributed by atoms with van der Waals surface area (Å²) < 4.78 is 11.0. The molecule has 0 aliphatic carbocycles. The molecule has 4 heteroatoms. The minimum atomic E-state index is -0.495. The zero-order chi connectivity index (χ0) is 14.3. The molecule has 0 heterocycles. The van der Waals surface area contributed by atoms with Crippen molar-refractivity contribution in [1.82, 2.24) is 0 Å². The molecule has 0 radical (unpaired) electrons. The van der Waals surface area contributed by atoms with E-state index in [1.807, 2.05) is 26.0 Å².